The highest BCUT2D eigenvalue weighted by Gasteiger charge is 2.34. The molecule has 2 N–H and O–H groups in total. The van der Waals surface area contributed by atoms with Crippen molar-refractivity contribution in [1.82, 2.24) is 15.3 Å². The van der Waals surface area contributed by atoms with Crippen LogP contribution in [0.5, 0.6) is 0 Å². The highest BCUT2D eigenvalue weighted by atomic mass is 32.1. The van der Waals surface area contributed by atoms with Gasteiger partial charge in [-0.25, -0.2) is 4.98 Å². The van der Waals surface area contributed by atoms with E-state index >= 15 is 0 Å². The largest absolute Gasteiger partial charge is 0.433 e. The van der Waals surface area contributed by atoms with Crippen LogP contribution in [0.2, 0.25) is 0 Å². The predicted molar refractivity (Wildman–Crippen MR) is 87.5 cm³/mol. The first-order chi connectivity index (χ1) is 10.8. The smallest absolute Gasteiger partial charge is 0.363 e. The first kappa shape index (κ1) is 17.7. The SMILES string of the molecule is CCNC(=S)Nc1nc(N2CCC(C)CC2)cc(C(F)(F)F)n1. The fourth-order valence-corrected chi connectivity index (χ4v) is 2.58. The maximum absolute atomic E-state index is 13.1. The number of piperidine rings is 1. The molecule has 0 spiro atoms. The van der Waals surface area contributed by atoms with E-state index in [9.17, 15) is 13.2 Å². The summed E-state index contributed by atoms with van der Waals surface area (Å²) < 4.78 is 39.2. The third kappa shape index (κ3) is 4.92. The lowest BCUT2D eigenvalue weighted by Crippen LogP contribution is -2.34. The summed E-state index contributed by atoms with van der Waals surface area (Å²) in [6, 6.07) is 0.997. The second-order valence-corrected chi connectivity index (χ2v) is 6.00. The minimum atomic E-state index is -4.53. The van der Waals surface area contributed by atoms with Gasteiger partial charge in [-0.2, -0.15) is 18.2 Å². The molecule has 1 aromatic heterocycles. The number of nitrogens with one attached hydrogen (secondary N) is 2. The third-order valence-corrected chi connectivity index (χ3v) is 3.92. The first-order valence-electron chi connectivity index (χ1n) is 7.55. The van der Waals surface area contributed by atoms with E-state index in [-0.39, 0.29) is 16.9 Å². The summed E-state index contributed by atoms with van der Waals surface area (Å²) >= 11 is 4.99. The van der Waals surface area contributed by atoms with Gasteiger partial charge in [-0.15, -0.1) is 0 Å². The van der Waals surface area contributed by atoms with Gasteiger partial charge in [-0.05, 0) is 37.9 Å². The molecule has 1 aliphatic rings. The molecule has 128 valence electrons. The summed E-state index contributed by atoms with van der Waals surface area (Å²) in [5, 5.41) is 5.62. The summed E-state index contributed by atoms with van der Waals surface area (Å²) in [5.74, 6) is 0.717. The molecule has 0 aromatic carbocycles. The number of rotatable bonds is 3. The van der Waals surface area contributed by atoms with Crippen LogP contribution in [-0.2, 0) is 6.18 Å². The molecule has 2 rings (SSSR count). The molecular weight excluding hydrogens is 327 g/mol. The maximum Gasteiger partial charge on any atom is 0.433 e. The zero-order chi connectivity index (χ0) is 17.0. The average molecular weight is 347 g/mol. The number of anilines is 2. The van der Waals surface area contributed by atoms with Gasteiger partial charge in [-0.3, -0.25) is 0 Å². The number of thiocarbonyl (C=S) groups is 1. The van der Waals surface area contributed by atoms with Crippen LogP contribution in [0.1, 0.15) is 32.4 Å². The number of halogens is 3. The van der Waals surface area contributed by atoms with Gasteiger partial charge in [0.15, 0.2) is 10.8 Å². The lowest BCUT2D eigenvalue weighted by molar-refractivity contribution is -0.141. The standard InChI is InChI=1S/C14H20F3N5S/c1-3-18-13(23)21-12-19-10(14(15,16)17)8-11(20-12)22-6-4-9(2)5-7-22/h8-9H,3-7H2,1-2H3,(H2,18,19,20,21,23). The Morgan fingerprint density at radius 3 is 2.57 bits per heavy atom. The molecule has 23 heavy (non-hydrogen) atoms. The number of hydrogen-bond donors (Lipinski definition) is 2. The lowest BCUT2D eigenvalue weighted by atomic mass is 9.99. The molecule has 0 unspecified atom stereocenters. The van der Waals surface area contributed by atoms with E-state index < -0.39 is 11.9 Å². The Balaban J connectivity index is 2.28. The minimum Gasteiger partial charge on any atom is -0.363 e. The third-order valence-electron chi connectivity index (χ3n) is 3.67. The monoisotopic (exact) mass is 347 g/mol. The molecule has 0 saturated carbocycles. The number of alkyl halides is 3. The van der Waals surface area contributed by atoms with Gasteiger partial charge in [0, 0.05) is 25.7 Å². The summed E-state index contributed by atoms with van der Waals surface area (Å²) in [7, 11) is 0. The maximum atomic E-state index is 13.1. The van der Waals surface area contributed by atoms with E-state index in [1.807, 2.05) is 11.8 Å². The molecule has 1 aliphatic heterocycles. The van der Waals surface area contributed by atoms with Gasteiger partial charge in [0.25, 0.3) is 0 Å². The number of nitrogens with zero attached hydrogens (tertiary/aromatic N) is 3. The van der Waals surface area contributed by atoms with Crippen LogP contribution < -0.4 is 15.5 Å². The van der Waals surface area contributed by atoms with Crippen LogP contribution in [0.25, 0.3) is 0 Å². The molecular formula is C14H20F3N5S. The van der Waals surface area contributed by atoms with Crippen LogP contribution in [0.4, 0.5) is 24.9 Å². The Hall–Kier alpha value is -1.64. The second kappa shape index (κ2) is 7.29. The van der Waals surface area contributed by atoms with E-state index in [2.05, 4.69) is 27.5 Å². The summed E-state index contributed by atoms with van der Waals surface area (Å²) in [6.07, 6.45) is -2.66. The Labute approximate surface area is 138 Å². The highest BCUT2D eigenvalue weighted by Crippen LogP contribution is 2.31. The van der Waals surface area contributed by atoms with Gasteiger partial charge < -0.3 is 15.5 Å². The molecule has 9 heteroatoms. The Morgan fingerprint density at radius 1 is 1.35 bits per heavy atom. The number of aromatic nitrogens is 2. The van der Waals surface area contributed by atoms with Crippen molar-refractivity contribution in [1.29, 1.82) is 0 Å². The van der Waals surface area contributed by atoms with Crippen molar-refractivity contribution in [3.8, 4) is 0 Å². The molecule has 1 fully saturated rings. The lowest BCUT2D eigenvalue weighted by Gasteiger charge is -2.31. The number of hydrogen-bond acceptors (Lipinski definition) is 4. The molecule has 1 saturated heterocycles. The van der Waals surface area contributed by atoms with Gasteiger partial charge in [-0.1, -0.05) is 6.92 Å². The minimum absolute atomic E-state index is 0.139. The second-order valence-electron chi connectivity index (χ2n) is 5.59. The van der Waals surface area contributed by atoms with Crippen molar-refractivity contribution in [2.45, 2.75) is 32.9 Å². The van der Waals surface area contributed by atoms with Crippen molar-refractivity contribution < 1.29 is 13.2 Å². The molecule has 5 nitrogen and oxygen atoms in total. The molecule has 0 radical (unpaired) electrons. The Morgan fingerprint density at radius 2 is 2.00 bits per heavy atom. The van der Waals surface area contributed by atoms with E-state index in [0.29, 0.717) is 25.6 Å². The van der Waals surface area contributed by atoms with Crippen LogP contribution in [0, 0.1) is 5.92 Å². The van der Waals surface area contributed by atoms with E-state index in [4.69, 9.17) is 12.2 Å². The van der Waals surface area contributed by atoms with Crippen LogP contribution in [-0.4, -0.2) is 34.7 Å². The van der Waals surface area contributed by atoms with Crippen molar-refractivity contribution in [2.75, 3.05) is 29.9 Å². The van der Waals surface area contributed by atoms with Crippen LogP contribution in [0.3, 0.4) is 0 Å². The topological polar surface area (TPSA) is 53.1 Å². The molecule has 1 aromatic rings. The van der Waals surface area contributed by atoms with Crippen molar-refractivity contribution >= 4 is 29.1 Å². The zero-order valence-electron chi connectivity index (χ0n) is 13.1. The van der Waals surface area contributed by atoms with Crippen molar-refractivity contribution in [3.63, 3.8) is 0 Å². The fraction of sp³-hybridized carbons (Fsp3) is 0.643. The van der Waals surface area contributed by atoms with Gasteiger partial charge >= 0.3 is 6.18 Å². The van der Waals surface area contributed by atoms with Crippen LogP contribution in [0.15, 0.2) is 6.07 Å². The summed E-state index contributed by atoms with van der Waals surface area (Å²) in [6.45, 7) is 5.91. The van der Waals surface area contributed by atoms with Gasteiger partial charge in [0.2, 0.25) is 5.95 Å². The van der Waals surface area contributed by atoms with Gasteiger partial charge in [0.05, 0.1) is 0 Å². The molecule has 2 heterocycles. The van der Waals surface area contributed by atoms with Crippen LogP contribution >= 0.6 is 12.2 Å². The molecule has 0 amide bonds. The Bertz CT molecular complexity index is 556. The van der Waals surface area contributed by atoms with E-state index in [1.165, 1.54) is 0 Å². The molecule has 0 bridgehead atoms. The van der Waals surface area contributed by atoms with Crippen molar-refractivity contribution in [3.05, 3.63) is 11.8 Å². The highest BCUT2D eigenvalue weighted by molar-refractivity contribution is 7.80. The quantitative estimate of drug-likeness (QED) is 0.820. The van der Waals surface area contributed by atoms with E-state index in [1.54, 1.807) is 0 Å². The fourth-order valence-electron chi connectivity index (χ4n) is 2.34. The summed E-state index contributed by atoms with van der Waals surface area (Å²) in [5.41, 5.74) is -0.970. The predicted octanol–water partition coefficient (Wildman–Crippen LogP) is 3.04. The average Bonchev–Trinajstić information content (AvgIpc) is 2.47. The van der Waals surface area contributed by atoms with Crippen molar-refractivity contribution in [2.24, 2.45) is 5.92 Å². The normalized spacial score (nSPS) is 16.3. The first-order valence-corrected chi connectivity index (χ1v) is 7.96. The Kier molecular flexibility index (Phi) is 5.61. The summed E-state index contributed by atoms with van der Waals surface area (Å²) in [4.78, 5) is 9.59. The molecule has 0 atom stereocenters. The van der Waals surface area contributed by atoms with Gasteiger partial charge in [0.1, 0.15) is 5.82 Å². The van der Waals surface area contributed by atoms with E-state index in [0.717, 1.165) is 18.9 Å². The zero-order valence-corrected chi connectivity index (χ0v) is 13.9. The molecule has 0 aliphatic carbocycles.